The zero-order chi connectivity index (χ0) is 13.1. The Morgan fingerprint density at radius 2 is 2.11 bits per heavy atom. The van der Waals surface area contributed by atoms with Gasteiger partial charge in [0, 0.05) is 17.8 Å². The van der Waals surface area contributed by atoms with Crippen molar-refractivity contribution in [1.29, 1.82) is 0 Å². The third-order valence-corrected chi connectivity index (χ3v) is 3.46. The van der Waals surface area contributed by atoms with E-state index in [1.807, 2.05) is 12.1 Å². The number of nitrogens with one attached hydrogen (secondary N) is 1. The van der Waals surface area contributed by atoms with Gasteiger partial charge in [0.25, 0.3) is 0 Å². The van der Waals surface area contributed by atoms with Gasteiger partial charge < -0.3 is 14.5 Å². The SMILES string of the molecule is CC1CCC(CNc2ccc(-c3cnco3)cc2)O1. The van der Waals surface area contributed by atoms with Crippen molar-refractivity contribution in [2.75, 3.05) is 11.9 Å². The average Bonchev–Trinajstić information content (AvgIpc) is 3.08. The largest absolute Gasteiger partial charge is 0.444 e. The molecule has 2 atom stereocenters. The number of nitrogens with zero attached hydrogens (tertiary/aromatic N) is 1. The fraction of sp³-hybridized carbons (Fsp3) is 0.400. The minimum absolute atomic E-state index is 0.337. The molecule has 19 heavy (non-hydrogen) atoms. The topological polar surface area (TPSA) is 47.3 Å². The second-order valence-electron chi connectivity index (χ2n) is 4.97. The Bertz CT molecular complexity index is 507. The van der Waals surface area contributed by atoms with Gasteiger partial charge in [0.05, 0.1) is 18.4 Å². The van der Waals surface area contributed by atoms with Crippen molar-refractivity contribution < 1.29 is 9.15 Å². The van der Waals surface area contributed by atoms with E-state index in [4.69, 9.17) is 9.15 Å². The number of oxazole rings is 1. The molecule has 0 saturated carbocycles. The molecule has 2 unspecified atom stereocenters. The highest BCUT2D eigenvalue weighted by molar-refractivity contribution is 5.60. The van der Waals surface area contributed by atoms with E-state index in [2.05, 4.69) is 29.4 Å². The van der Waals surface area contributed by atoms with Crippen molar-refractivity contribution in [3.63, 3.8) is 0 Å². The Morgan fingerprint density at radius 3 is 2.74 bits per heavy atom. The zero-order valence-corrected chi connectivity index (χ0v) is 11.0. The van der Waals surface area contributed by atoms with Crippen LogP contribution >= 0.6 is 0 Å². The molecule has 1 aromatic carbocycles. The number of hydrogen-bond acceptors (Lipinski definition) is 4. The Labute approximate surface area is 112 Å². The van der Waals surface area contributed by atoms with Gasteiger partial charge in [0.2, 0.25) is 0 Å². The summed E-state index contributed by atoms with van der Waals surface area (Å²) in [6.07, 6.45) is 6.21. The van der Waals surface area contributed by atoms with Crippen LogP contribution < -0.4 is 5.32 Å². The van der Waals surface area contributed by atoms with Crippen molar-refractivity contribution >= 4 is 5.69 Å². The van der Waals surface area contributed by atoms with E-state index < -0.39 is 0 Å². The molecule has 1 saturated heterocycles. The molecule has 0 aliphatic carbocycles. The highest BCUT2D eigenvalue weighted by atomic mass is 16.5. The molecule has 1 N–H and O–H groups in total. The van der Waals surface area contributed by atoms with Gasteiger partial charge in [-0.3, -0.25) is 0 Å². The number of anilines is 1. The first kappa shape index (κ1) is 12.2. The summed E-state index contributed by atoms with van der Waals surface area (Å²) >= 11 is 0. The molecule has 100 valence electrons. The molecule has 3 rings (SSSR count). The lowest BCUT2D eigenvalue weighted by Crippen LogP contribution is -2.19. The third kappa shape index (κ3) is 2.96. The van der Waals surface area contributed by atoms with Crippen LogP contribution in [0.5, 0.6) is 0 Å². The summed E-state index contributed by atoms with van der Waals surface area (Å²) < 4.78 is 11.0. The second-order valence-corrected chi connectivity index (χ2v) is 4.97. The monoisotopic (exact) mass is 258 g/mol. The summed E-state index contributed by atoms with van der Waals surface area (Å²) in [5.41, 5.74) is 2.14. The van der Waals surface area contributed by atoms with E-state index >= 15 is 0 Å². The Hall–Kier alpha value is -1.81. The van der Waals surface area contributed by atoms with E-state index in [1.165, 1.54) is 6.39 Å². The molecule has 2 heterocycles. The van der Waals surface area contributed by atoms with E-state index in [9.17, 15) is 0 Å². The zero-order valence-electron chi connectivity index (χ0n) is 11.0. The maximum Gasteiger partial charge on any atom is 0.181 e. The van der Waals surface area contributed by atoms with Crippen LogP contribution in [0.3, 0.4) is 0 Å². The number of aromatic nitrogens is 1. The van der Waals surface area contributed by atoms with Crippen LogP contribution in [-0.2, 0) is 4.74 Å². The average molecular weight is 258 g/mol. The lowest BCUT2D eigenvalue weighted by molar-refractivity contribution is 0.0637. The molecule has 4 nitrogen and oxygen atoms in total. The van der Waals surface area contributed by atoms with Crippen LogP contribution in [0.2, 0.25) is 0 Å². The molecule has 0 amide bonds. The van der Waals surface area contributed by atoms with Gasteiger partial charge in [-0.15, -0.1) is 0 Å². The van der Waals surface area contributed by atoms with Crippen molar-refractivity contribution in [2.45, 2.75) is 32.0 Å². The van der Waals surface area contributed by atoms with Crippen molar-refractivity contribution in [1.82, 2.24) is 4.98 Å². The minimum atomic E-state index is 0.337. The summed E-state index contributed by atoms with van der Waals surface area (Å²) in [5.74, 6) is 0.791. The molecular formula is C15H18N2O2. The van der Waals surface area contributed by atoms with Gasteiger partial charge in [-0.05, 0) is 44.0 Å². The molecular weight excluding hydrogens is 240 g/mol. The highest BCUT2D eigenvalue weighted by Gasteiger charge is 2.21. The molecule has 2 aromatic rings. The first-order chi connectivity index (χ1) is 9.31. The number of hydrogen-bond donors (Lipinski definition) is 1. The smallest absolute Gasteiger partial charge is 0.181 e. The lowest BCUT2D eigenvalue weighted by Gasteiger charge is -2.13. The maximum atomic E-state index is 5.78. The van der Waals surface area contributed by atoms with Gasteiger partial charge in [0.1, 0.15) is 0 Å². The quantitative estimate of drug-likeness (QED) is 0.913. The Balaban J connectivity index is 1.57. The fourth-order valence-corrected chi connectivity index (χ4v) is 2.38. The molecule has 0 spiro atoms. The summed E-state index contributed by atoms with van der Waals surface area (Å²) in [6, 6.07) is 8.16. The second kappa shape index (κ2) is 5.45. The Morgan fingerprint density at radius 1 is 1.26 bits per heavy atom. The Kier molecular flexibility index (Phi) is 3.51. The van der Waals surface area contributed by atoms with Crippen LogP contribution in [0, 0.1) is 0 Å². The molecule has 1 aromatic heterocycles. The van der Waals surface area contributed by atoms with E-state index in [0.29, 0.717) is 12.2 Å². The summed E-state index contributed by atoms with van der Waals surface area (Å²) in [6.45, 7) is 3.00. The number of ether oxygens (including phenoxy) is 1. The maximum absolute atomic E-state index is 5.78. The predicted molar refractivity (Wildman–Crippen MR) is 74.0 cm³/mol. The molecule has 0 bridgehead atoms. The fourth-order valence-electron chi connectivity index (χ4n) is 2.38. The minimum Gasteiger partial charge on any atom is -0.444 e. The van der Waals surface area contributed by atoms with Crippen molar-refractivity contribution in [3.8, 4) is 11.3 Å². The van der Waals surface area contributed by atoms with Crippen molar-refractivity contribution in [3.05, 3.63) is 36.9 Å². The third-order valence-electron chi connectivity index (χ3n) is 3.46. The normalized spacial score (nSPS) is 22.6. The first-order valence-corrected chi connectivity index (χ1v) is 6.69. The van der Waals surface area contributed by atoms with Gasteiger partial charge in [-0.25, -0.2) is 4.98 Å². The van der Waals surface area contributed by atoms with E-state index in [0.717, 1.165) is 36.4 Å². The molecule has 1 aliphatic heterocycles. The van der Waals surface area contributed by atoms with Crippen LogP contribution in [0.15, 0.2) is 41.3 Å². The molecule has 1 fully saturated rings. The standard InChI is InChI=1S/C15H18N2O2/c1-11-2-7-14(19-11)8-17-13-5-3-12(4-6-13)15-9-16-10-18-15/h3-6,9-11,14,17H,2,7-8H2,1H3. The van der Waals surface area contributed by atoms with Gasteiger partial charge in [-0.1, -0.05) is 0 Å². The van der Waals surface area contributed by atoms with Crippen LogP contribution in [0.25, 0.3) is 11.3 Å². The first-order valence-electron chi connectivity index (χ1n) is 6.69. The van der Waals surface area contributed by atoms with E-state index in [-0.39, 0.29) is 0 Å². The summed E-state index contributed by atoms with van der Waals surface area (Å²) in [7, 11) is 0. The highest BCUT2D eigenvalue weighted by Crippen LogP contribution is 2.22. The summed E-state index contributed by atoms with van der Waals surface area (Å²) in [4.78, 5) is 3.92. The molecule has 0 radical (unpaired) electrons. The van der Waals surface area contributed by atoms with Crippen molar-refractivity contribution in [2.24, 2.45) is 0 Å². The molecule has 1 aliphatic rings. The number of benzene rings is 1. The van der Waals surface area contributed by atoms with Gasteiger partial charge >= 0.3 is 0 Å². The summed E-state index contributed by atoms with van der Waals surface area (Å²) in [5, 5.41) is 3.41. The van der Waals surface area contributed by atoms with Crippen LogP contribution in [0.1, 0.15) is 19.8 Å². The van der Waals surface area contributed by atoms with E-state index in [1.54, 1.807) is 6.20 Å². The van der Waals surface area contributed by atoms with Crippen LogP contribution in [-0.4, -0.2) is 23.7 Å². The number of rotatable bonds is 4. The lowest BCUT2D eigenvalue weighted by atomic mass is 10.1. The van der Waals surface area contributed by atoms with Crippen LogP contribution in [0.4, 0.5) is 5.69 Å². The predicted octanol–water partition coefficient (Wildman–Crippen LogP) is 3.32. The van der Waals surface area contributed by atoms with Gasteiger partial charge in [-0.2, -0.15) is 0 Å². The van der Waals surface area contributed by atoms with Gasteiger partial charge in [0.15, 0.2) is 12.2 Å². The molecule has 4 heteroatoms.